The Balaban J connectivity index is 2.52. The molecule has 1 unspecified atom stereocenters. The van der Waals surface area contributed by atoms with Gasteiger partial charge < -0.3 is 10.1 Å². The van der Waals surface area contributed by atoms with Crippen LogP contribution in [0.1, 0.15) is 44.2 Å². The Bertz CT molecular complexity index is 349. The molecule has 0 saturated heterocycles. The van der Waals surface area contributed by atoms with Crippen molar-refractivity contribution in [1.29, 1.82) is 0 Å². The van der Waals surface area contributed by atoms with Crippen molar-refractivity contribution in [1.82, 2.24) is 5.32 Å². The Kier molecular flexibility index (Phi) is 6.81. The fourth-order valence-electron chi connectivity index (χ4n) is 1.99. The highest BCUT2D eigenvalue weighted by Gasteiger charge is 2.08. The van der Waals surface area contributed by atoms with Crippen LogP contribution in [-0.4, -0.2) is 19.2 Å². The molecule has 2 nitrogen and oxygen atoms in total. The third-order valence-electron chi connectivity index (χ3n) is 3.10. The lowest BCUT2D eigenvalue weighted by atomic mass is 10.1. The van der Waals surface area contributed by atoms with Gasteiger partial charge in [0.25, 0.3) is 0 Å². The molecule has 0 aliphatic carbocycles. The molecule has 1 rings (SSSR count). The molecule has 0 heterocycles. The summed E-state index contributed by atoms with van der Waals surface area (Å²) >= 11 is 0. The van der Waals surface area contributed by atoms with Gasteiger partial charge in [-0.15, -0.1) is 0 Å². The van der Waals surface area contributed by atoms with Crippen molar-refractivity contribution in [2.24, 2.45) is 0 Å². The molecule has 0 radical (unpaired) electrons. The van der Waals surface area contributed by atoms with Crippen LogP contribution in [-0.2, 0) is 0 Å². The second kappa shape index (κ2) is 8.15. The molecule has 0 aliphatic heterocycles. The summed E-state index contributed by atoms with van der Waals surface area (Å²) in [5.74, 6) is 1.02. The monoisotopic (exact) mass is 249 g/mol. The highest BCUT2D eigenvalue weighted by molar-refractivity contribution is 5.35. The van der Waals surface area contributed by atoms with Gasteiger partial charge in [-0.05, 0) is 50.4 Å². The molecule has 102 valence electrons. The van der Waals surface area contributed by atoms with Crippen LogP contribution in [0.5, 0.6) is 5.75 Å². The quantitative estimate of drug-likeness (QED) is 0.755. The Labute approximate surface area is 112 Å². The predicted molar refractivity (Wildman–Crippen MR) is 78.4 cm³/mol. The van der Waals surface area contributed by atoms with E-state index >= 15 is 0 Å². The van der Waals surface area contributed by atoms with E-state index in [4.69, 9.17) is 4.74 Å². The third kappa shape index (κ3) is 5.09. The van der Waals surface area contributed by atoms with Crippen LogP contribution >= 0.6 is 0 Å². The van der Waals surface area contributed by atoms with E-state index in [1.165, 1.54) is 30.4 Å². The van der Waals surface area contributed by atoms with Crippen LogP contribution in [0.3, 0.4) is 0 Å². The lowest BCUT2D eigenvalue weighted by Crippen LogP contribution is -2.35. The first kappa shape index (κ1) is 15.0. The molecule has 0 bridgehead atoms. The van der Waals surface area contributed by atoms with Crippen LogP contribution in [0, 0.1) is 13.8 Å². The van der Waals surface area contributed by atoms with Gasteiger partial charge >= 0.3 is 0 Å². The number of benzene rings is 1. The molecule has 2 heteroatoms. The smallest absolute Gasteiger partial charge is 0.122 e. The summed E-state index contributed by atoms with van der Waals surface area (Å²) in [6, 6.07) is 6.84. The Hall–Kier alpha value is -1.02. The summed E-state index contributed by atoms with van der Waals surface area (Å²) in [7, 11) is 0. The molecule has 1 aromatic rings. The third-order valence-corrected chi connectivity index (χ3v) is 3.10. The van der Waals surface area contributed by atoms with E-state index in [-0.39, 0.29) is 0 Å². The number of hydrogen-bond donors (Lipinski definition) is 1. The Morgan fingerprint density at radius 3 is 2.61 bits per heavy atom. The fraction of sp³-hybridized carbons (Fsp3) is 0.625. The molecule has 0 saturated carbocycles. The normalized spacial score (nSPS) is 12.4. The second-order valence-electron chi connectivity index (χ2n) is 5.02. The summed E-state index contributed by atoms with van der Waals surface area (Å²) in [6.45, 7) is 10.5. The Morgan fingerprint density at radius 2 is 1.94 bits per heavy atom. The summed E-state index contributed by atoms with van der Waals surface area (Å²) in [6.07, 6.45) is 3.53. The van der Waals surface area contributed by atoms with Gasteiger partial charge in [0.05, 0.1) is 0 Å². The minimum atomic E-state index is 0.467. The van der Waals surface area contributed by atoms with Crippen molar-refractivity contribution in [3.63, 3.8) is 0 Å². The zero-order chi connectivity index (χ0) is 13.4. The maximum atomic E-state index is 5.97. The molecule has 0 aliphatic rings. The molecule has 1 atom stereocenters. The molecule has 0 amide bonds. The molecule has 1 aromatic carbocycles. The highest BCUT2D eigenvalue weighted by atomic mass is 16.5. The number of rotatable bonds is 8. The van der Waals surface area contributed by atoms with Gasteiger partial charge in [0.15, 0.2) is 0 Å². The topological polar surface area (TPSA) is 21.3 Å². The van der Waals surface area contributed by atoms with Crippen molar-refractivity contribution < 1.29 is 4.74 Å². The molecule has 0 fully saturated rings. The number of ether oxygens (including phenoxy) is 1. The molecule has 0 aromatic heterocycles. The lowest BCUT2D eigenvalue weighted by molar-refractivity contribution is 0.254. The number of nitrogens with one attached hydrogen (secondary N) is 1. The van der Waals surface area contributed by atoms with Gasteiger partial charge in [-0.25, -0.2) is 0 Å². The molecule has 18 heavy (non-hydrogen) atoms. The molecular weight excluding hydrogens is 222 g/mol. The first-order chi connectivity index (χ1) is 8.67. The van der Waals surface area contributed by atoms with E-state index in [0.29, 0.717) is 6.04 Å². The van der Waals surface area contributed by atoms with E-state index in [2.05, 4.69) is 51.2 Å². The zero-order valence-electron chi connectivity index (χ0n) is 12.3. The fourth-order valence-corrected chi connectivity index (χ4v) is 1.99. The van der Waals surface area contributed by atoms with Crippen molar-refractivity contribution in [3.8, 4) is 5.75 Å². The summed E-state index contributed by atoms with van der Waals surface area (Å²) in [5, 5.41) is 3.55. The van der Waals surface area contributed by atoms with Crippen LogP contribution in [0.4, 0.5) is 0 Å². The first-order valence-electron chi connectivity index (χ1n) is 7.10. The second-order valence-corrected chi connectivity index (χ2v) is 5.02. The van der Waals surface area contributed by atoms with E-state index in [1.807, 2.05) is 0 Å². The number of aryl methyl sites for hydroxylation is 2. The maximum Gasteiger partial charge on any atom is 0.122 e. The van der Waals surface area contributed by atoms with Crippen molar-refractivity contribution in [2.75, 3.05) is 13.2 Å². The highest BCUT2D eigenvalue weighted by Crippen LogP contribution is 2.19. The van der Waals surface area contributed by atoms with Gasteiger partial charge in [0.1, 0.15) is 12.4 Å². The van der Waals surface area contributed by atoms with Crippen LogP contribution in [0.15, 0.2) is 18.2 Å². The summed E-state index contributed by atoms with van der Waals surface area (Å²) < 4.78 is 5.97. The zero-order valence-corrected chi connectivity index (χ0v) is 12.3. The average Bonchev–Trinajstić information content (AvgIpc) is 2.36. The standard InChI is InChI=1S/C16H27NO/c1-5-7-15(17-10-6-2)12-18-16-11-13(3)8-9-14(16)4/h8-9,11,15,17H,5-7,10,12H2,1-4H3. The van der Waals surface area contributed by atoms with E-state index in [1.54, 1.807) is 0 Å². The predicted octanol–water partition coefficient (Wildman–Crippen LogP) is 3.85. The average molecular weight is 249 g/mol. The summed E-state index contributed by atoms with van der Waals surface area (Å²) in [4.78, 5) is 0. The van der Waals surface area contributed by atoms with Gasteiger partial charge in [0.2, 0.25) is 0 Å². The molecule has 1 N–H and O–H groups in total. The number of hydrogen-bond acceptors (Lipinski definition) is 2. The SMILES string of the molecule is CCCNC(CCC)COc1cc(C)ccc1C. The van der Waals surface area contributed by atoms with E-state index in [0.717, 1.165) is 18.9 Å². The van der Waals surface area contributed by atoms with Gasteiger partial charge in [-0.1, -0.05) is 32.4 Å². The van der Waals surface area contributed by atoms with Crippen LogP contribution in [0.2, 0.25) is 0 Å². The minimum Gasteiger partial charge on any atom is -0.492 e. The minimum absolute atomic E-state index is 0.467. The van der Waals surface area contributed by atoms with E-state index in [9.17, 15) is 0 Å². The van der Waals surface area contributed by atoms with Crippen molar-refractivity contribution in [3.05, 3.63) is 29.3 Å². The van der Waals surface area contributed by atoms with Crippen molar-refractivity contribution >= 4 is 0 Å². The molecule has 0 spiro atoms. The van der Waals surface area contributed by atoms with Gasteiger partial charge in [0, 0.05) is 6.04 Å². The summed E-state index contributed by atoms with van der Waals surface area (Å²) in [5.41, 5.74) is 2.47. The van der Waals surface area contributed by atoms with Crippen LogP contribution in [0.25, 0.3) is 0 Å². The van der Waals surface area contributed by atoms with E-state index < -0.39 is 0 Å². The van der Waals surface area contributed by atoms with Crippen molar-refractivity contribution in [2.45, 2.75) is 53.0 Å². The van der Waals surface area contributed by atoms with Gasteiger partial charge in [-0.2, -0.15) is 0 Å². The van der Waals surface area contributed by atoms with Gasteiger partial charge in [-0.3, -0.25) is 0 Å². The first-order valence-corrected chi connectivity index (χ1v) is 7.10. The Morgan fingerprint density at radius 1 is 1.17 bits per heavy atom. The maximum absolute atomic E-state index is 5.97. The van der Waals surface area contributed by atoms with Crippen LogP contribution < -0.4 is 10.1 Å². The largest absolute Gasteiger partial charge is 0.492 e. The lowest BCUT2D eigenvalue weighted by Gasteiger charge is -2.19. The molecular formula is C16H27NO.